The van der Waals surface area contributed by atoms with E-state index in [1.165, 1.54) is 13.8 Å². The van der Waals surface area contributed by atoms with Gasteiger partial charge in [-0.15, -0.1) is 0 Å². The van der Waals surface area contributed by atoms with Crippen molar-refractivity contribution in [2.45, 2.75) is 32.5 Å². The molecule has 2 atom stereocenters. The summed E-state index contributed by atoms with van der Waals surface area (Å²) in [6.07, 6.45) is -0.723. The molecule has 0 aliphatic carbocycles. The maximum absolute atomic E-state index is 11.9. The Hall–Kier alpha value is -2.61. The zero-order valence-electron chi connectivity index (χ0n) is 13.7. The summed E-state index contributed by atoms with van der Waals surface area (Å²) in [6, 6.07) is 7.50. The molecule has 24 heavy (non-hydrogen) atoms. The highest BCUT2D eigenvalue weighted by Gasteiger charge is 2.21. The van der Waals surface area contributed by atoms with Gasteiger partial charge in [-0.1, -0.05) is 30.3 Å². The van der Waals surface area contributed by atoms with Crippen molar-refractivity contribution in [1.29, 1.82) is 0 Å². The molecule has 0 unspecified atom stereocenters. The van der Waals surface area contributed by atoms with Gasteiger partial charge in [-0.05, 0) is 19.4 Å². The molecule has 4 N–H and O–H groups in total. The Kier molecular flexibility index (Phi) is 8.28. The van der Waals surface area contributed by atoms with Crippen LogP contribution in [0.2, 0.25) is 0 Å². The quantitative estimate of drug-likeness (QED) is 0.529. The van der Waals surface area contributed by atoms with Gasteiger partial charge in [-0.3, -0.25) is 9.59 Å². The van der Waals surface area contributed by atoms with Gasteiger partial charge in [-0.2, -0.15) is 0 Å². The van der Waals surface area contributed by atoms with E-state index in [4.69, 9.17) is 9.84 Å². The van der Waals surface area contributed by atoms with Crippen LogP contribution in [-0.4, -0.2) is 48.2 Å². The highest BCUT2D eigenvalue weighted by atomic mass is 16.5. The first kappa shape index (κ1) is 19.4. The number of aliphatic hydroxyl groups excluding tert-OH is 1. The predicted octanol–water partition coefficient (Wildman–Crippen LogP) is -0.0855. The number of alkyl carbamates (subject to hydrolysis) is 1. The zero-order valence-corrected chi connectivity index (χ0v) is 13.7. The zero-order chi connectivity index (χ0) is 17.9. The van der Waals surface area contributed by atoms with E-state index in [0.29, 0.717) is 0 Å². The van der Waals surface area contributed by atoms with Gasteiger partial charge in [-0.25, -0.2) is 4.79 Å². The Bertz CT molecular complexity index is 550. The first-order chi connectivity index (χ1) is 11.4. The van der Waals surface area contributed by atoms with E-state index >= 15 is 0 Å². The van der Waals surface area contributed by atoms with E-state index in [9.17, 15) is 14.4 Å². The Morgan fingerprint density at radius 3 is 2.29 bits per heavy atom. The van der Waals surface area contributed by atoms with Crippen molar-refractivity contribution in [3.8, 4) is 0 Å². The van der Waals surface area contributed by atoms with Crippen molar-refractivity contribution in [2.24, 2.45) is 0 Å². The Labute approximate surface area is 140 Å². The maximum atomic E-state index is 11.9. The van der Waals surface area contributed by atoms with Crippen LogP contribution in [0.4, 0.5) is 4.79 Å². The summed E-state index contributed by atoms with van der Waals surface area (Å²) in [5.41, 5.74) is 0.832. The van der Waals surface area contributed by atoms with Crippen molar-refractivity contribution < 1.29 is 24.2 Å². The summed E-state index contributed by atoms with van der Waals surface area (Å²) in [5.74, 6) is -0.936. The average molecular weight is 337 g/mol. The molecule has 0 saturated heterocycles. The van der Waals surface area contributed by atoms with Gasteiger partial charge in [0.05, 0.1) is 6.61 Å². The van der Waals surface area contributed by atoms with E-state index in [0.717, 1.165) is 5.56 Å². The van der Waals surface area contributed by atoms with Gasteiger partial charge in [0, 0.05) is 6.54 Å². The molecule has 1 aromatic carbocycles. The number of nitrogens with one attached hydrogen (secondary N) is 3. The molecule has 8 heteroatoms. The Morgan fingerprint density at radius 2 is 1.67 bits per heavy atom. The normalized spacial score (nSPS) is 12.6. The second kappa shape index (κ2) is 10.2. The fourth-order valence-electron chi connectivity index (χ4n) is 1.74. The van der Waals surface area contributed by atoms with Crippen LogP contribution in [0.1, 0.15) is 19.4 Å². The largest absolute Gasteiger partial charge is 0.445 e. The van der Waals surface area contributed by atoms with Crippen LogP contribution >= 0.6 is 0 Å². The average Bonchev–Trinajstić information content (AvgIpc) is 2.58. The number of hydrogen-bond donors (Lipinski definition) is 4. The van der Waals surface area contributed by atoms with Crippen molar-refractivity contribution in [3.05, 3.63) is 35.9 Å². The van der Waals surface area contributed by atoms with Gasteiger partial charge < -0.3 is 25.8 Å². The summed E-state index contributed by atoms with van der Waals surface area (Å²) in [5, 5.41) is 15.9. The third-order valence-electron chi connectivity index (χ3n) is 3.10. The van der Waals surface area contributed by atoms with Crippen molar-refractivity contribution in [1.82, 2.24) is 16.0 Å². The second-order valence-corrected chi connectivity index (χ2v) is 5.17. The molecule has 0 aliphatic heterocycles. The maximum Gasteiger partial charge on any atom is 0.408 e. The summed E-state index contributed by atoms with van der Waals surface area (Å²) in [4.78, 5) is 35.2. The molecule has 1 aromatic rings. The van der Waals surface area contributed by atoms with Crippen LogP contribution in [0, 0.1) is 0 Å². The van der Waals surface area contributed by atoms with E-state index in [1.807, 2.05) is 30.3 Å². The lowest BCUT2D eigenvalue weighted by Crippen LogP contribution is -2.52. The monoisotopic (exact) mass is 337 g/mol. The van der Waals surface area contributed by atoms with Crippen LogP contribution < -0.4 is 16.0 Å². The first-order valence-electron chi connectivity index (χ1n) is 7.60. The third-order valence-corrected chi connectivity index (χ3v) is 3.10. The van der Waals surface area contributed by atoms with E-state index < -0.39 is 30.0 Å². The highest BCUT2D eigenvalue weighted by Crippen LogP contribution is 2.00. The van der Waals surface area contributed by atoms with Crippen LogP contribution in [0.3, 0.4) is 0 Å². The molecule has 0 aromatic heterocycles. The minimum atomic E-state index is -0.860. The highest BCUT2D eigenvalue weighted by molar-refractivity contribution is 5.90. The van der Waals surface area contributed by atoms with Gasteiger partial charge in [0.15, 0.2) is 0 Å². The van der Waals surface area contributed by atoms with E-state index in [-0.39, 0.29) is 19.8 Å². The minimum Gasteiger partial charge on any atom is -0.445 e. The summed E-state index contributed by atoms with van der Waals surface area (Å²) >= 11 is 0. The number of ether oxygens (including phenoxy) is 1. The molecule has 0 aliphatic rings. The fraction of sp³-hybridized carbons (Fsp3) is 0.438. The topological polar surface area (TPSA) is 117 Å². The minimum absolute atomic E-state index is 0.0982. The summed E-state index contributed by atoms with van der Waals surface area (Å²) < 4.78 is 5.02. The number of rotatable bonds is 8. The molecule has 0 bridgehead atoms. The summed E-state index contributed by atoms with van der Waals surface area (Å²) in [7, 11) is 0. The molecule has 8 nitrogen and oxygen atoms in total. The van der Waals surface area contributed by atoms with Crippen LogP contribution in [0.5, 0.6) is 0 Å². The Balaban J connectivity index is 2.34. The number of carbonyl (C=O) groups excluding carboxylic acids is 3. The van der Waals surface area contributed by atoms with Crippen LogP contribution in [0.25, 0.3) is 0 Å². The van der Waals surface area contributed by atoms with Gasteiger partial charge in [0.1, 0.15) is 18.7 Å². The number of aliphatic hydroxyl groups is 1. The van der Waals surface area contributed by atoms with Gasteiger partial charge in [0.2, 0.25) is 11.8 Å². The molecule has 132 valence electrons. The standard InChI is InChI=1S/C16H23N3O5/c1-11(14(21)17-8-9-20)18-15(22)12(2)19-16(23)24-10-13-6-4-3-5-7-13/h3-7,11-12,20H,8-10H2,1-2H3,(H,17,21)(H,18,22)(H,19,23)/t11-,12+/m0/s1. The van der Waals surface area contributed by atoms with Gasteiger partial charge in [0.25, 0.3) is 0 Å². The lowest BCUT2D eigenvalue weighted by atomic mass is 10.2. The molecular weight excluding hydrogens is 314 g/mol. The van der Waals surface area contributed by atoms with Crippen molar-refractivity contribution in [3.63, 3.8) is 0 Å². The molecule has 3 amide bonds. The molecule has 0 spiro atoms. The smallest absolute Gasteiger partial charge is 0.408 e. The lowest BCUT2D eigenvalue weighted by molar-refractivity contribution is -0.129. The molecule has 0 fully saturated rings. The number of amides is 3. The predicted molar refractivity (Wildman–Crippen MR) is 86.9 cm³/mol. The van der Waals surface area contributed by atoms with E-state index in [2.05, 4.69) is 16.0 Å². The van der Waals surface area contributed by atoms with Gasteiger partial charge >= 0.3 is 6.09 Å². The molecule has 1 rings (SSSR count). The Morgan fingerprint density at radius 1 is 1.04 bits per heavy atom. The van der Waals surface area contributed by atoms with Crippen LogP contribution in [-0.2, 0) is 20.9 Å². The third kappa shape index (κ3) is 7.10. The number of carbonyl (C=O) groups is 3. The van der Waals surface area contributed by atoms with Crippen molar-refractivity contribution >= 4 is 17.9 Å². The van der Waals surface area contributed by atoms with E-state index in [1.54, 1.807) is 0 Å². The SMILES string of the molecule is C[C@H](NC(=O)[C@@H](C)NC(=O)OCc1ccccc1)C(=O)NCCO. The fourth-order valence-corrected chi connectivity index (χ4v) is 1.74. The van der Waals surface area contributed by atoms with Crippen molar-refractivity contribution in [2.75, 3.05) is 13.2 Å². The molecule has 0 saturated carbocycles. The molecular formula is C16H23N3O5. The summed E-state index contributed by atoms with van der Waals surface area (Å²) in [6.45, 7) is 3.01. The van der Waals surface area contributed by atoms with Crippen LogP contribution in [0.15, 0.2) is 30.3 Å². The first-order valence-corrected chi connectivity index (χ1v) is 7.60. The second-order valence-electron chi connectivity index (χ2n) is 5.17. The number of hydrogen-bond acceptors (Lipinski definition) is 5. The number of benzene rings is 1. The molecule has 0 heterocycles. The lowest BCUT2D eigenvalue weighted by Gasteiger charge is -2.18. The molecule has 0 radical (unpaired) electrons.